The average molecular weight is 616 g/mol. The molecule has 0 radical (unpaired) electrons. The first-order chi connectivity index (χ1) is 20.4. The molecule has 3 aromatic heterocycles. The average Bonchev–Trinajstić information content (AvgIpc) is 3.65. The van der Waals surface area contributed by atoms with Gasteiger partial charge in [-0.1, -0.05) is 17.4 Å². The summed E-state index contributed by atoms with van der Waals surface area (Å²) < 4.78 is 24.0. The number of hydrogen-bond acceptors (Lipinski definition) is 14. The summed E-state index contributed by atoms with van der Waals surface area (Å²) in [6, 6.07) is 8.07. The summed E-state index contributed by atoms with van der Waals surface area (Å²) in [5.74, 6) is 1.77. The molecule has 4 heterocycles. The minimum Gasteiger partial charge on any atom is -0.496 e. The van der Waals surface area contributed by atoms with Crippen molar-refractivity contribution in [3.63, 3.8) is 0 Å². The Balaban J connectivity index is 1.51. The molecule has 4 aromatic rings. The van der Waals surface area contributed by atoms with Crippen LogP contribution in [-0.2, 0) is 0 Å². The summed E-state index contributed by atoms with van der Waals surface area (Å²) in [5, 5.41) is 25.2. The van der Waals surface area contributed by atoms with E-state index in [9.17, 15) is 14.7 Å². The quantitative estimate of drug-likeness (QED) is 0.223. The summed E-state index contributed by atoms with van der Waals surface area (Å²) in [4.78, 5) is 28.9. The molecule has 14 nitrogen and oxygen atoms in total. The van der Waals surface area contributed by atoms with Gasteiger partial charge < -0.3 is 29.5 Å². The van der Waals surface area contributed by atoms with Gasteiger partial charge in [0, 0.05) is 42.8 Å². The number of aliphatic hydroxyl groups is 1. The third-order valence-corrected chi connectivity index (χ3v) is 8.13. The van der Waals surface area contributed by atoms with Crippen LogP contribution in [0.25, 0.3) is 16.3 Å². The zero-order valence-corrected chi connectivity index (χ0v) is 24.4. The number of carbonyl (C=O) groups excluding carboxylic acids is 1. The largest absolute Gasteiger partial charge is 0.496 e. The molecule has 0 spiro atoms. The molecular formula is C26H29N7O7S2. The van der Waals surface area contributed by atoms with E-state index in [1.807, 2.05) is 11.8 Å². The van der Waals surface area contributed by atoms with Crippen molar-refractivity contribution in [3.8, 4) is 33.5 Å². The molecule has 1 aliphatic heterocycles. The van der Waals surface area contributed by atoms with Crippen molar-refractivity contribution in [2.45, 2.75) is 6.10 Å². The minimum absolute atomic E-state index is 0.129. The summed E-state index contributed by atoms with van der Waals surface area (Å²) in [6.45, 7) is 1.74. The molecule has 1 aliphatic rings. The third-order valence-electron chi connectivity index (χ3n) is 6.37. The number of amides is 1. The molecule has 1 fully saturated rings. The Hall–Kier alpha value is -4.12. The van der Waals surface area contributed by atoms with Crippen LogP contribution < -0.4 is 30.9 Å². The smallest absolute Gasteiger partial charge is 0.379 e. The Morgan fingerprint density at radius 1 is 1.19 bits per heavy atom. The predicted octanol–water partition coefficient (Wildman–Crippen LogP) is 1.98. The molecule has 0 unspecified atom stereocenters. The number of hydrogen-bond donors (Lipinski definition) is 3. The lowest BCUT2D eigenvalue weighted by Crippen LogP contribution is -2.42. The van der Waals surface area contributed by atoms with Gasteiger partial charge in [-0.2, -0.15) is 21.5 Å². The van der Waals surface area contributed by atoms with E-state index < -0.39 is 17.6 Å². The van der Waals surface area contributed by atoms with Crippen LogP contribution in [0.2, 0.25) is 0 Å². The molecule has 1 aromatic carbocycles. The highest BCUT2D eigenvalue weighted by molar-refractivity contribution is 7.99. The van der Waals surface area contributed by atoms with Crippen LogP contribution >= 0.6 is 23.1 Å². The highest BCUT2D eigenvalue weighted by Crippen LogP contribution is 2.42. The lowest BCUT2D eigenvalue weighted by atomic mass is 10.0. The first-order valence-corrected chi connectivity index (χ1v) is 14.8. The van der Waals surface area contributed by atoms with Crippen LogP contribution in [0.4, 0.5) is 10.9 Å². The summed E-state index contributed by atoms with van der Waals surface area (Å²) in [7, 11) is 2.95. The van der Waals surface area contributed by atoms with Crippen molar-refractivity contribution in [1.29, 1.82) is 0 Å². The van der Waals surface area contributed by atoms with E-state index in [2.05, 4.69) is 25.5 Å². The lowest BCUT2D eigenvalue weighted by Gasteiger charge is -2.29. The molecule has 4 N–H and O–H groups in total. The Labute approximate surface area is 248 Å². The highest BCUT2D eigenvalue weighted by Gasteiger charge is 2.27. The van der Waals surface area contributed by atoms with Gasteiger partial charge in [0.25, 0.3) is 5.91 Å². The number of nitrogens with zero attached hydrogens (tertiary/aromatic N) is 5. The van der Waals surface area contributed by atoms with Crippen LogP contribution in [0.1, 0.15) is 10.6 Å². The second-order valence-electron chi connectivity index (χ2n) is 9.03. The molecule has 16 heteroatoms. The molecule has 0 aliphatic carbocycles. The van der Waals surface area contributed by atoms with Gasteiger partial charge in [-0.25, -0.2) is 4.79 Å². The van der Waals surface area contributed by atoms with Gasteiger partial charge in [0.1, 0.15) is 23.4 Å². The van der Waals surface area contributed by atoms with Gasteiger partial charge >= 0.3 is 5.63 Å². The fourth-order valence-corrected chi connectivity index (χ4v) is 6.06. The fourth-order valence-electron chi connectivity index (χ4n) is 4.36. The van der Waals surface area contributed by atoms with E-state index in [1.54, 1.807) is 24.3 Å². The van der Waals surface area contributed by atoms with Crippen molar-refractivity contribution in [3.05, 3.63) is 52.7 Å². The summed E-state index contributed by atoms with van der Waals surface area (Å²) >= 11 is 2.88. The topological polar surface area (TPSA) is 180 Å². The predicted molar refractivity (Wildman–Crippen MR) is 158 cm³/mol. The summed E-state index contributed by atoms with van der Waals surface area (Å²) in [6.07, 6.45) is 0.776. The van der Waals surface area contributed by atoms with Crippen molar-refractivity contribution in [2.24, 2.45) is 0 Å². The van der Waals surface area contributed by atoms with Gasteiger partial charge in [-0.15, -0.1) is 10.2 Å². The number of nitrogens with two attached hydrogens (primary N) is 1. The van der Waals surface area contributed by atoms with Gasteiger partial charge in [-0.05, 0) is 18.2 Å². The number of methoxy groups -OCH3 is 2. The zero-order chi connectivity index (χ0) is 29.6. The normalized spacial score (nSPS) is 14.4. The monoisotopic (exact) mass is 615 g/mol. The second kappa shape index (κ2) is 13.2. The SMILES string of the molecule is COc1cccc(OC)c1-c1cc(C(=O)Nc2nnc(-n3nccc3N)s2)oc(=O)c1O[C@@H](CO)CN1CCSCC1. The number of aliphatic hydroxyl groups excluding tert-OH is 1. The maximum Gasteiger partial charge on any atom is 0.379 e. The molecule has 42 heavy (non-hydrogen) atoms. The van der Waals surface area contributed by atoms with Crippen LogP contribution in [0.15, 0.2) is 45.7 Å². The van der Waals surface area contributed by atoms with Gasteiger partial charge in [0.2, 0.25) is 16.0 Å². The number of ether oxygens (including phenoxy) is 3. The van der Waals surface area contributed by atoms with Crippen molar-refractivity contribution >= 4 is 40.0 Å². The van der Waals surface area contributed by atoms with E-state index in [-0.39, 0.29) is 28.8 Å². The number of thioether (sulfide) groups is 1. The zero-order valence-electron chi connectivity index (χ0n) is 22.8. The number of benzene rings is 1. The maximum atomic E-state index is 13.4. The molecule has 0 bridgehead atoms. The van der Waals surface area contributed by atoms with Crippen LogP contribution in [0.5, 0.6) is 17.2 Å². The Kier molecular flexibility index (Phi) is 9.26. The minimum atomic E-state index is -0.916. The highest BCUT2D eigenvalue weighted by atomic mass is 32.2. The van der Waals surface area contributed by atoms with E-state index in [4.69, 9.17) is 24.4 Å². The first kappa shape index (κ1) is 29.4. The van der Waals surface area contributed by atoms with E-state index in [0.29, 0.717) is 34.6 Å². The molecule has 222 valence electrons. The van der Waals surface area contributed by atoms with Gasteiger partial charge in [0.05, 0.1) is 32.6 Å². The molecule has 5 rings (SSSR count). The first-order valence-electron chi connectivity index (χ1n) is 12.8. The number of rotatable bonds is 11. The van der Waals surface area contributed by atoms with E-state index >= 15 is 0 Å². The van der Waals surface area contributed by atoms with Crippen molar-refractivity contribution in [1.82, 2.24) is 24.9 Å². The molecule has 1 amide bonds. The lowest BCUT2D eigenvalue weighted by molar-refractivity contribution is 0.0771. The Morgan fingerprint density at radius 2 is 1.93 bits per heavy atom. The second-order valence-corrected chi connectivity index (χ2v) is 11.2. The third kappa shape index (κ3) is 6.35. The fraction of sp³-hybridized carbons (Fsp3) is 0.346. The number of nitrogen functional groups attached to an aromatic ring is 1. The Bertz CT molecular complexity index is 1580. The summed E-state index contributed by atoms with van der Waals surface area (Å²) in [5.41, 5.74) is 5.52. The number of carbonyl (C=O) groups is 1. The van der Waals surface area contributed by atoms with Gasteiger partial charge in [0.15, 0.2) is 5.76 Å². The van der Waals surface area contributed by atoms with E-state index in [0.717, 1.165) is 35.9 Å². The number of nitrogens with one attached hydrogen (secondary N) is 1. The van der Waals surface area contributed by atoms with E-state index in [1.165, 1.54) is 31.2 Å². The number of aromatic nitrogens is 4. The molecule has 1 saturated heterocycles. The van der Waals surface area contributed by atoms with Crippen LogP contribution in [-0.4, -0.2) is 94.0 Å². The molecule has 0 saturated carbocycles. The standard InChI is InChI=1S/C26H29N7O7S2/c1-37-17-4-3-5-18(38-2)21(17)16-12-19(23(35)29-25-30-31-26(42-25)33-20(27)6-7-28-33)40-24(36)22(16)39-15(14-34)13-32-8-10-41-11-9-32/h3-7,12,15,34H,8-11,13-14,27H2,1-2H3,(H,29,30,35)/t15-/m1/s1. The van der Waals surface area contributed by atoms with Crippen molar-refractivity contribution < 1.29 is 28.5 Å². The number of anilines is 2. The van der Waals surface area contributed by atoms with Crippen LogP contribution in [0, 0.1) is 0 Å². The van der Waals surface area contributed by atoms with Crippen molar-refractivity contribution in [2.75, 3.05) is 63.0 Å². The Morgan fingerprint density at radius 3 is 2.57 bits per heavy atom. The van der Waals surface area contributed by atoms with Gasteiger partial charge in [-0.3, -0.25) is 15.0 Å². The molecule has 1 atom stereocenters. The molecular weight excluding hydrogens is 586 g/mol. The maximum absolute atomic E-state index is 13.4. The van der Waals surface area contributed by atoms with Crippen LogP contribution in [0.3, 0.4) is 0 Å².